The Hall–Kier alpha value is -1.76. The molecule has 0 bridgehead atoms. The highest BCUT2D eigenvalue weighted by Gasteiger charge is 2.06. The van der Waals surface area contributed by atoms with Gasteiger partial charge in [0, 0.05) is 0 Å². The van der Waals surface area contributed by atoms with Gasteiger partial charge in [0.2, 0.25) is 4.91 Å². The van der Waals surface area contributed by atoms with Crippen molar-refractivity contribution in [3.63, 3.8) is 0 Å². The zero-order chi connectivity index (χ0) is 21.0. The number of nitrogens with one attached hydrogen (secondary N) is 2. The molecule has 11 nitrogen and oxygen atoms in total. The van der Waals surface area contributed by atoms with Crippen molar-refractivity contribution in [1.29, 1.82) is 11.1 Å². The molecule has 12 heteroatoms. The summed E-state index contributed by atoms with van der Waals surface area (Å²) in [5.41, 5.74) is 12.0. The lowest BCUT2D eigenvalue weighted by Gasteiger charge is -2.04. The summed E-state index contributed by atoms with van der Waals surface area (Å²) in [6, 6.07) is 5.99. The first-order valence-electron chi connectivity index (χ1n) is 7.85. The fraction of sp³-hybridized carbons (Fsp3) is 0.600. The van der Waals surface area contributed by atoms with Gasteiger partial charge in [-0.25, -0.2) is 0 Å². The van der Waals surface area contributed by atoms with Crippen LogP contribution in [0.25, 0.3) is 0 Å². The Morgan fingerprint density at radius 1 is 0.852 bits per heavy atom. The molecule has 0 atom stereocenters. The molecule has 0 radical (unpaired) electrons. The molecule has 0 saturated carbocycles. The zero-order valence-electron chi connectivity index (χ0n) is 15.2. The third-order valence-corrected chi connectivity index (χ3v) is 3.40. The van der Waals surface area contributed by atoms with Crippen molar-refractivity contribution >= 4 is 10.1 Å². The van der Waals surface area contributed by atoms with E-state index in [0.29, 0.717) is 39.6 Å². The third-order valence-electron chi connectivity index (χ3n) is 2.53. The highest BCUT2D eigenvalue weighted by Crippen LogP contribution is 2.08. The molecule has 0 aliphatic heterocycles. The Labute approximate surface area is 158 Å². The second-order valence-corrected chi connectivity index (χ2v) is 6.11. The van der Waals surface area contributed by atoms with Gasteiger partial charge in [0.15, 0.2) is 0 Å². The minimum Gasteiger partial charge on any atom is -0.394 e. The number of nitrogens with zero attached hydrogens (tertiary/aromatic N) is 1. The van der Waals surface area contributed by atoms with Gasteiger partial charge in [-0.3, -0.25) is 4.55 Å². The number of aliphatic hydroxyl groups excluding tert-OH is 2. The molecule has 0 saturated heterocycles. The molecule has 0 amide bonds. The zero-order valence-corrected chi connectivity index (χ0v) is 16.0. The Morgan fingerprint density at radius 3 is 1.48 bits per heavy atom. The SMILES string of the molecule is Cc1ccc(S(=O)(=O)O)cc1.N=[N+]=N.OCCOCCOCCOCCO. The average Bonchev–Trinajstić information content (AvgIpc) is 2.61. The summed E-state index contributed by atoms with van der Waals surface area (Å²) in [6.07, 6.45) is 0. The van der Waals surface area contributed by atoms with Crippen LogP contribution in [0.5, 0.6) is 0 Å². The lowest BCUT2D eigenvalue weighted by Crippen LogP contribution is -2.11. The van der Waals surface area contributed by atoms with Gasteiger partial charge < -0.3 is 24.4 Å². The van der Waals surface area contributed by atoms with E-state index in [9.17, 15) is 8.42 Å². The van der Waals surface area contributed by atoms with E-state index < -0.39 is 10.1 Å². The number of hydrogen-bond acceptors (Lipinski definition) is 9. The maximum Gasteiger partial charge on any atom is 0.294 e. The summed E-state index contributed by atoms with van der Waals surface area (Å²) in [6.45, 7) is 4.60. The van der Waals surface area contributed by atoms with E-state index in [0.717, 1.165) is 5.56 Å². The molecular formula is C15H28N3O8S+. The first kappa shape index (κ1) is 27.5. The Morgan fingerprint density at radius 2 is 1.19 bits per heavy atom. The maximum absolute atomic E-state index is 10.5. The van der Waals surface area contributed by atoms with Crippen molar-refractivity contribution < 1.29 is 37.4 Å². The minimum absolute atomic E-state index is 0.0413. The minimum atomic E-state index is -4.02. The van der Waals surface area contributed by atoms with Crippen LogP contribution in [0.4, 0.5) is 0 Å². The molecule has 0 spiro atoms. The molecule has 156 valence electrons. The number of hydrogen-bond donors (Lipinski definition) is 5. The molecular weight excluding hydrogens is 382 g/mol. The fourth-order valence-electron chi connectivity index (χ4n) is 1.38. The molecule has 0 aromatic heterocycles. The molecule has 1 rings (SSSR count). The van der Waals surface area contributed by atoms with Crippen LogP contribution in [-0.2, 0) is 24.3 Å². The fourth-order valence-corrected chi connectivity index (χ4v) is 1.86. The lowest BCUT2D eigenvalue weighted by molar-refractivity contribution is 0.00230. The largest absolute Gasteiger partial charge is 0.394 e. The van der Waals surface area contributed by atoms with Crippen LogP contribution in [0.1, 0.15) is 5.56 Å². The van der Waals surface area contributed by atoms with E-state index in [2.05, 4.69) is 0 Å². The summed E-state index contributed by atoms with van der Waals surface area (Å²) >= 11 is 0. The second-order valence-electron chi connectivity index (χ2n) is 4.68. The monoisotopic (exact) mass is 410 g/mol. The van der Waals surface area contributed by atoms with Gasteiger partial charge in [0.1, 0.15) is 11.1 Å². The van der Waals surface area contributed by atoms with Gasteiger partial charge in [0.05, 0.1) is 57.8 Å². The van der Waals surface area contributed by atoms with Crippen LogP contribution in [0.2, 0.25) is 0 Å². The summed E-state index contributed by atoms with van der Waals surface area (Å²) in [5.74, 6) is 0. The number of aryl methyl sites for hydroxylation is 1. The Bertz CT molecular complexity index is 580. The predicted octanol–water partition coefficient (Wildman–Crippen LogP) is 0.378. The quantitative estimate of drug-likeness (QED) is 0.150. The van der Waals surface area contributed by atoms with Crippen molar-refractivity contribution in [2.75, 3.05) is 52.9 Å². The molecule has 1 aromatic rings. The van der Waals surface area contributed by atoms with Gasteiger partial charge in [-0.05, 0) is 19.1 Å². The summed E-state index contributed by atoms with van der Waals surface area (Å²) in [7, 11) is -4.02. The van der Waals surface area contributed by atoms with Crippen molar-refractivity contribution in [2.45, 2.75) is 11.8 Å². The van der Waals surface area contributed by atoms with Crippen LogP contribution in [0.3, 0.4) is 0 Å². The van der Waals surface area contributed by atoms with E-state index in [1.54, 1.807) is 12.1 Å². The second kappa shape index (κ2) is 19.0. The summed E-state index contributed by atoms with van der Waals surface area (Å²) in [4.78, 5) is 1.93. The third kappa shape index (κ3) is 20.4. The normalized spacial score (nSPS) is 10.1. The summed E-state index contributed by atoms with van der Waals surface area (Å²) in [5, 5.41) is 16.7. The van der Waals surface area contributed by atoms with E-state index in [-0.39, 0.29) is 18.1 Å². The van der Waals surface area contributed by atoms with E-state index in [1.807, 2.05) is 11.8 Å². The predicted molar refractivity (Wildman–Crippen MR) is 95.2 cm³/mol. The highest BCUT2D eigenvalue weighted by molar-refractivity contribution is 7.85. The molecule has 0 unspecified atom stereocenters. The van der Waals surface area contributed by atoms with E-state index in [1.165, 1.54) is 12.1 Å². The van der Waals surface area contributed by atoms with Crippen LogP contribution in [0, 0.1) is 18.0 Å². The first-order valence-corrected chi connectivity index (χ1v) is 9.29. The lowest BCUT2D eigenvalue weighted by atomic mass is 10.2. The number of aliphatic hydroxyl groups is 2. The van der Waals surface area contributed by atoms with Crippen molar-refractivity contribution in [3.05, 3.63) is 29.8 Å². The maximum atomic E-state index is 10.5. The molecule has 0 aliphatic carbocycles. The van der Waals surface area contributed by atoms with Gasteiger partial charge in [-0.2, -0.15) is 8.42 Å². The number of benzene rings is 1. The average molecular weight is 410 g/mol. The molecule has 5 N–H and O–H groups in total. The van der Waals surface area contributed by atoms with Crippen LogP contribution < -0.4 is 4.91 Å². The van der Waals surface area contributed by atoms with Crippen molar-refractivity contribution in [1.82, 2.24) is 4.91 Å². The van der Waals surface area contributed by atoms with Crippen LogP contribution in [0.15, 0.2) is 29.2 Å². The van der Waals surface area contributed by atoms with E-state index in [4.69, 9.17) is 40.0 Å². The van der Waals surface area contributed by atoms with Gasteiger partial charge in [0.25, 0.3) is 10.1 Å². The van der Waals surface area contributed by atoms with Crippen LogP contribution in [-0.4, -0.2) is 76.0 Å². The number of rotatable bonds is 11. The number of ether oxygens (including phenoxy) is 3. The molecule has 0 fully saturated rings. The van der Waals surface area contributed by atoms with Crippen molar-refractivity contribution in [2.24, 2.45) is 0 Å². The standard InChI is InChI=1S/C8H18O5.C7H8O3S.H2N3/c9-1-3-11-5-7-13-8-6-12-4-2-10;1-6-2-4-7(5-3-6)11(8,9)10;1-3-2/h9-10H,1-8H2;2-5H,1H3,(H,8,9,10);1-2H/q;;+1. The Balaban J connectivity index is 0. The highest BCUT2D eigenvalue weighted by atomic mass is 32.2. The first-order chi connectivity index (χ1) is 12.8. The molecule has 0 aliphatic rings. The Kier molecular flexibility index (Phi) is 19.3. The van der Waals surface area contributed by atoms with Crippen LogP contribution >= 0.6 is 0 Å². The van der Waals surface area contributed by atoms with Crippen molar-refractivity contribution in [3.8, 4) is 0 Å². The molecule has 1 aromatic carbocycles. The molecule has 0 heterocycles. The molecule has 27 heavy (non-hydrogen) atoms. The van der Waals surface area contributed by atoms with Gasteiger partial charge in [-0.1, -0.05) is 17.7 Å². The van der Waals surface area contributed by atoms with Gasteiger partial charge in [-0.15, -0.1) is 0 Å². The smallest absolute Gasteiger partial charge is 0.294 e. The van der Waals surface area contributed by atoms with Gasteiger partial charge >= 0.3 is 0 Å². The summed E-state index contributed by atoms with van der Waals surface area (Å²) < 4.78 is 44.6. The van der Waals surface area contributed by atoms with E-state index >= 15 is 0 Å². The topological polar surface area (TPSA) is 184 Å².